The second-order valence-electron chi connectivity index (χ2n) is 6.45. The molecule has 0 fully saturated rings. The predicted octanol–water partition coefficient (Wildman–Crippen LogP) is 3.98. The number of nitrogens with one attached hydrogen (secondary N) is 1. The number of aromatic nitrogens is 2. The third-order valence-electron chi connectivity index (χ3n) is 4.02. The third kappa shape index (κ3) is 4.45. The number of anilines is 2. The molecule has 0 saturated heterocycles. The number of carbonyl (C=O) groups is 1. The van der Waals surface area contributed by atoms with Gasteiger partial charge in [0.2, 0.25) is 0 Å². The van der Waals surface area contributed by atoms with Crippen molar-refractivity contribution in [3.05, 3.63) is 83.0 Å². The van der Waals surface area contributed by atoms with Gasteiger partial charge in [-0.15, -0.1) is 10.2 Å². The first-order valence-corrected chi connectivity index (χ1v) is 8.50. The van der Waals surface area contributed by atoms with E-state index in [2.05, 4.69) is 33.7 Å². The summed E-state index contributed by atoms with van der Waals surface area (Å²) in [5.74, 6) is 0.455. The van der Waals surface area contributed by atoms with Gasteiger partial charge < -0.3 is 10.2 Å². The van der Waals surface area contributed by atoms with Gasteiger partial charge in [0, 0.05) is 19.3 Å². The van der Waals surface area contributed by atoms with Gasteiger partial charge in [0.25, 0.3) is 5.91 Å². The van der Waals surface area contributed by atoms with Crippen LogP contribution in [-0.2, 0) is 6.54 Å². The van der Waals surface area contributed by atoms with Crippen molar-refractivity contribution in [1.82, 2.24) is 10.2 Å². The summed E-state index contributed by atoms with van der Waals surface area (Å²) >= 11 is 0. The maximum Gasteiger partial charge on any atom is 0.276 e. The molecule has 5 heteroatoms. The number of nitrogens with zero attached hydrogens (tertiary/aromatic N) is 3. The molecule has 1 heterocycles. The molecular weight excluding hydrogens is 324 g/mol. The highest BCUT2D eigenvalue weighted by Crippen LogP contribution is 2.16. The monoisotopic (exact) mass is 346 g/mol. The quantitative estimate of drug-likeness (QED) is 0.759. The lowest BCUT2D eigenvalue weighted by molar-refractivity contribution is 0.102. The molecule has 0 aliphatic carbocycles. The fraction of sp³-hybridized carbons (Fsp3) is 0.190. The van der Waals surface area contributed by atoms with Gasteiger partial charge in [-0.25, -0.2) is 0 Å². The zero-order valence-corrected chi connectivity index (χ0v) is 15.2. The first kappa shape index (κ1) is 17.6. The van der Waals surface area contributed by atoms with E-state index in [1.807, 2.05) is 62.2 Å². The van der Waals surface area contributed by atoms with Crippen LogP contribution < -0.4 is 10.2 Å². The minimum Gasteiger partial charge on any atom is -0.354 e. The Kier molecular flexibility index (Phi) is 5.27. The topological polar surface area (TPSA) is 58.1 Å². The summed E-state index contributed by atoms with van der Waals surface area (Å²) in [5.41, 5.74) is 4.45. The van der Waals surface area contributed by atoms with Gasteiger partial charge in [0.15, 0.2) is 11.5 Å². The number of benzene rings is 2. The lowest BCUT2D eigenvalue weighted by Crippen LogP contribution is -2.20. The second kappa shape index (κ2) is 7.78. The SMILES string of the molecule is Cc1cc(C)cc(NC(=O)c2ccc(N(C)Cc3ccccc3)nn2)c1. The van der Waals surface area contributed by atoms with E-state index in [0.717, 1.165) is 29.2 Å². The first-order valence-electron chi connectivity index (χ1n) is 8.50. The number of hydrogen-bond donors (Lipinski definition) is 1. The molecule has 0 aliphatic rings. The molecule has 3 rings (SSSR count). The third-order valence-corrected chi connectivity index (χ3v) is 4.02. The lowest BCUT2D eigenvalue weighted by Gasteiger charge is -2.17. The van der Waals surface area contributed by atoms with Gasteiger partial charge in [-0.05, 0) is 54.8 Å². The molecular formula is C21H22N4O. The highest BCUT2D eigenvalue weighted by atomic mass is 16.1. The van der Waals surface area contributed by atoms with Gasteiger partial charge in [-0.3, -0.25) is 4.79 Å². The van der Waals surface area contributed by atoms with Crippen molar-refractivity contribution in [3.63, 3.8) is 0 Å². The Hall–Kier alpha value is -3.21. The Morgan fingerprint density at radius 3 is 2.27 bits per heavy atom. The molecule has 0 bridgehead atoms. The summed E-state index contributed by atoms with van der Waals surface area (Å²) < 4.78 is 0. The van der Waals surface area contributed by atoms with Crippen LogP contribution in [0.15, 0.2) is 60.7 Å². The largest absolute Gasteiger partial charge is 0.354 e. The van der Waals surface area contributed by atoms with Crippen LogP contribution in [-0.4, -0.2) is 23.2 Å². The van der Waals surface area contributed by atoms with Crippen molar-refractivity contribution >= 4 is 17.4 Å². The lowest BCUT2D eigenvalue weighted by atomic mass is 10.1. The van der Waals surface area contributed by atoms with Crippen LogP contribution in [0.5, 0.6) is 0 Å². The molecule has 1 N–H and O–H groups in total. The van der Waals surface area contributed by atoms with Crippen molar-refractivity contribution in [1.29, 1.82) is 0 Å². The minimum atomic E-state index is -0.264. The maximum absolute atomic E-state index is 12.4. The Bertz CT molecular complexity index is 871. The second-order valence-corrected chi connectivity index (χ2v) is 6.45. The molecule has 1 amide bonds. The minimum absolute atomic E-state index is 0.264. The molecule has 0 aliphatic heterocycles. The predicted molar refractivity (Wildman–Crippen MR) is 104 cm³/mol. The van der Waals surface area contributed by atoms with Crippen LogP contribution in [0.2, 0.25) is 0 Å². The average molecular weight is 346 g/mol. The zero-order chi connectivity index (χ0) is 18.5. The average Bonchev–Trinajstić information content (AvgIpc) is 2.62. The normalized spacial score (nSPS) is 10.4. The van der Waals surface area contributed by atoms with E-state index in [9.17, 15) is 4.79 Å². The number of amides is 1. The first-order chi connectivity index (χ1) is 12.5. The van der Waals surface area contributed by atoms with Crippen molar-refractivity contribution in [3.8, 4) is 0 Å². The molecule has 5 nitrogen and oxygen atoms in total. The van der Waals surface area contributed by atoms with Gasteiger partial charge in [-0.2, -0.15) is 0 Å². The van der Waals surface area contributed by atoms with E-state index in [0.29, 0.717) is 5.69 Å². The van der Waals surface area contributed by atoms with Crippen LogP contribution in [0.25, 0.3) is 0 Å². The van der Waals surface area contributed by atoms with Gasteiger partial charge >= 0.3 is 0 Å². The van der Waals surface area contributed by atoms with E-state index < -0.39 is 0 Å². The molecule has 2 aromatic carbocycles. The zero-order valence-electron chi connectivity index (χ0n) is 15.2. The van der Waals surface area contributed by atoms with E-state index in [-0.39, 0.29) is 5.91 Å². The summed E-state index contributed by atoms with van der Waals surface area (Å²) in [6.45, 7) is 4.73. The highest BCUT2D eigenvalue weighted by molar-refractivity contribution is 6.02. The fourth-order valence-corrected chi connectivity index (χ4v) is 2.83. The Morgan fingerprint density at radius 1 is 0.962 bits per heavy atom. The van der Waals surface area contributed by atoms with Crippen molar-refractivity contribution in [2.24, 2.45) is 0 Å². The summed E-state index contributed by atoms with van der Waals surface area (Å²) in [4.78, 5) is 14.4. The highest BCUT2D eigenvalue weighted by Gasteiger charge is 2.11. The molecule has 0 saturated carbocycles. The van der Waals surface area contributed by atoms with Gasteiger partial charge in [0.05, 0.1) is 0 Å². The fourth-order valence-electron chi connectivity index (χ4n) is 2.83. The summed E-state index contributed by atoms with van der Waals surface area (Å²) in [7, 11) is 1.95. The van der Waals surface area contributed by atoms with Crippen LogP contribution >= 0.6 is 0 Å². The number of hydrogen-bond acceptors (Lipinski definition) is 4. The maximum atomic E-state index is 12.4. The molecule has 0 radical (unpaired) electrons. The van der Waals surface area contributed by atoms with Crippen molar-refractivity contribution in [2.75, 3.05) is 17.3 Å². The Morgan fingerprint density at radius 2 is 1.65 bits per heavy atom. The van der Waals surface area contributed by atoms with E-state index in [1.165, 1.54) is 5.56 Å². The number of carbonyl (C=O) groups excluding carboxylic acids is 1. The number of aryl methyl sites for hydroxylation is 2. The van der Waals surface area contributed by atoms with E-state index in [1.54, 1.807) is 6.07 Å². The van der Waals surface area contributed by atoms with Gasteiger partial charge in [0.1, 0.15) is 0 Å². The Balaban J connectivity index is 1.67. The molecule has 26 heavy (non-hydrogen) atoms. The standard InChI is InChI=1S/C21H22N4O/c1-15-11-16(2)13-18(12-15)22-21(26)19-9-10-20(24-23-19)25(3)14-17-7-5-4-6-8-17/h4-13H,14H2,1-3H3,(H,22,26). The van der Waals surface area contributed by atoms with Crippen LogP contribution in [0.3, 0.4) is 0 Å². The van der Waals surface area contributed by atoms with E-state index >= 15 is 0 Å². The number of rotatable bonds is 5. The van der Waals surface area contributed by atoms with Gasteiger partial charge in [-0.1, -0.05) is 36.4 Å². The van der Waals surface area contributed by atoms with Crippen LogP contribution in [0, 0.1) is 13.8 Å². The summed E-state index contributed by atoms with van der Waals surface area (Å²) in [5, 5.41) is 11.1. The smallest absolute Gasteiger partial charge is 0.276 e. The molecule has 132 valence electrons. The van der Waals surface area contributed by atoms with Crippen molar-refractivity contribution in [2.45, 2.75) is 20.4 Å². The Labute approximate surface area is 153 Å². The molecule has 3 aromatic rings. The van der Waals surface area contributed by atoms with E-state index in [4.69, 9.17) is 0 Å². The molecule has 0 atom stereocenters. The van der Waals surface area contributed by atoms with Crippen LogP contribution in [0.4, 0.5) is 11.5 Å². The van der Waals surface area contributed by atoms with Crippen LogP contribution in [0.1, 0.15) is 27.2 Å². The molecule has 0 spiro atoms. The summed E-state index contributed by atoms with van der Waals surface area (Å²) in [6, 6.07) is 19.6. The summed E-state index contributed by atoms with van der Waals surface area (Å²) in [6.07, 6.45) is 0. The molecule has 1 aromatic heterocycles. The molecule has 0 unspecified atom stereocenters. The van der Waals surface area contributed by atoms with Crippen molar-refractivity contribution < 1.29 is 4.79 Å².